The predicted molar refractivity (Wildman–Crippen MR) is 65.9 cm³/mol. The summed E-state index contributed by atoms with van der Waals surface area (Å²) in [7, 11) is 0. The number of rotatable bonds is 3. The van der Waals surface area contributed by atoms with Crippen molar-refractivity contribution < 1.29 is 13.9 Å². The van der Waals surface area contributed by atoms with Crippen LogP contribution in [-0.2, 0) is 0 Å². The van der Waals surface area contributed by atoms with Crippen molar-refractivity contribution in [3.05, 3.63) is 35.4 Å². The van der Waals surface area contributed by atoms with Crippen LogP contribution in [0.4, 0.5) is 8.78 Å². The molecular weight excluding hydrogens is 236 g/mol. The minimum atomic E-state index is -1.03. The molecule has 0 aromatic heterocycles. The van der Waals surface area contributed by atoms with Crippen LogP contribution in [0.1, 0.15) is 43.8 Å². The van der Waals surface area contributed by atoms with E-state index in [1.54, 1.807) is 0 Å². The summed E-state index contributed by atoms with van der Waals surface area (Å²) in [6, 6.07) is 3.19. The standard InChI is InChI=1S/C14H19F2NO/c15-10-4-5-12(16)11(8-10)13(18)14(9-17)6-2-1-3-7-14/h4-5,8,13,18H,1-3,6-7,9,17H2. The second-order valence-corrected chi connectivity index (χ2v) is 5.20. The van der Waals surface area contributed by atoms with Gasteiger partial charge in [0, 0.05) is 17.5 Å². The number of hydrogen-bond acceptors (Lipinski definition) is 2. The maximum atomic E-state index is 13.7. The Balaban J connectivity index is 2.33. The topological polar surface area (TPSA) is 46.2 Å². The number of halogens is 2. The van der Waals surface area contributed by atoms with Crippen LogP contribution >= 0.6 is 0 Å². The van der Waals surface area contributed by atoms with Gasteiger partial charge >= 0.3 is 0 Å². The first-order valence-electron chi connectivity index (χ1n) is 6.42. The molecule has 0 spiro atoms. The predicted octanol–water partition coefficient (Wildman–Crippen LogP) is 2.91. The lowest BCUT2D eigenvalue weighted by Gasteiger charge is -2.40. The third-order valence-electron chi connectivity index (χ3n) is 4.09. The van der Waals surface area contributed by atoms with Gasteiger partial charge in [0.1, 0.15) is 11.6 Å². The van der Waals surface area contributed by atoms with E-state index >= 15 is 0 Å². The molecule has 2 nitrogen and oxygen atoms in total. The molecule has 4 heteroatoms. The van der Waals surface area contributed by atoms with Crippen LogP contribution in [0.25, 0.3) is 0 Å². The summed E-state index contributed by atoms with van der Waals surface area (Å²) in [6.45, 7) is 0.296. The molecule has 3 N–H and O–H groups in total. The number of nitrogens with two attached hydrogens (primary N) is 1. The molecule has 1 aromatic rings. The van der Waals surface area contributed by atoms with E-state index in [4.69, 9.17) is 5.73 Å². The van der Waals surface area contributed by atoms with Crippen molar-refractivity contribution in [3.8, 4) is 0 Å². The molecule has 100 valence electrons. The molecule has 1 fully saturated rings. The fourth-order valence-electron chi connectivity index (χ4n) is 2.90. The molecule has 1 aromatic carbocycles. The molecule has 1 aliphatic rings. The van der Waals surface area contributed by atoms with Gasteiger partial charge in [-0.1, -0.05) is 19.3 Å². The van der Waals surface area contributed by atoms with Gasteiger partial charge in [-0.3, -0.25) is 0 Å². The highest BCUT2D eigenvalue weighted by Gasteiger charge is 2.39. The Bertz CT molecular complexity index is 416. The van der Waals surface area contributed by atoms with Crippen LogP contribution in [0.5, 0.6) is 0 Å². The minimum Gasteiger partial charge on any atom is -0.388 e. The zero-order valence-corrected chi connectivity index (χ0v) is 10.3. The Morgan fingerprint density at radius 1 is 1.22 bits per heavy atom. The zero-order valence-electron chi connectivity index (χ0n) is 10.3. The summed E-state index contributed by atoms with van der Waals surface area (Å²) in [6.07, 6.45) is 3.57. The summed E-state index contributed by atoms with van der Waals surface area (Å²) >= 11 is 0. The number of benzene rings is 1. The van der Waals surface area contributed by atoms with E-state index in [9.17, 15) is 13.9 Å². The number of hydrogen-bond donors (Lipinski definition) is 2. The van der Waals surface area contributed by atoms with E-state index in [0.29, 0.717) is 6.54 Å². The maximum Gasteiger partial charge on any atom is 0.129 e. The Kier molecular flexibility index (Phi) is 3.97. The van der Waals surface area contributed by atoms with Crippen molar-refractivity contribution >= 4 is 0 Å². The van der Waals surface area contributed by atoms with Gasteiger partial charge in [0.25, 0.3) is 0 Å². The van der Waals surface area contributed by atoms with Crippen LogP contribution in [0, 0.1) is 17.0 Å². The van der Waals surface area contributed by atoms with Gasteiger partial charge in [-0.05, 0) is 31.0 Å². The monoisotopic (exact) mass is 255 g/mol. The minimum absolute atomic E-state index is 0.0300. The third-order valence-corrected chi connectivity index (χ3v) is 4.09. The average Bonchev–Trinajstić information content (AvgIpc) is 2.41. The molecule has 1 saturated carbocycles. The quantitative estimate of drug-likeness (QED) is 0.872. The molecule has 0 amide bonds. The van der Waals surface area contributed by atoms with E-state index < -0.39 is 23.2 Å². The molecule has 0 bridgehead atoms. The highest BCUT2D eigenvalue weighted by atomic mass is 19.1. The van der Waals surface area contributed by atoms with Gasteiger partial charge in [0.2, 0.25) is 0 Å². The summed E-state index contributed by atoms with van der Waals surface area (Å²) in [5.41, 5.74) is 5.31. The molecule has 0 aliphatic heterocycles. The normalized spacial score (nSPS) is 20.7. The second kappa shape index (κ2) is 5.33. The van der Waals surface area contributed by atoms with Crippen LogP contribution in [0.3, 0.4) is 0 Å². The molecule has 18 heavy (non-hydrogen) atoms. The first kappa shape index (κ1) is 13.4. The van der Waals surface area contributed by atoms with E-state index in [2.05, 4.69) is 0 Å². The lowest BCUT2D eigenvalue weighted by Crippen LogP contribution is -2.39. The molecule has 1 aliphatic carbocycles. The Labute approximate surface area is 106 Å². The molecule has 0 heterocycles. The lowest BCUT2D eigenvalue weighted by atomic mass is 9.68. The summed E-state index contributed by atoms with van der Waals surface area (Å²) in [5, 5.41) is 10.4. The molecule has 0 saturated heterocycles. The summed E-state index contributed by atoms with van der Waals surface area (Å²) in [5.74, 6) is -1.10. The van der Waals surface area contributed by atoms with E-state index in [1.165, 1.54) is 0 Å². The van der Waals surface area contributed by atoms with Crippen LogP contribution in [0.2, 0.25) is 0 Å². The van der Waals surface area contributed by atoms with Crippen LogP contribution in [0.15, 0.2) is 18.2 Å². The molecule has 1 atom stereocenters. The van der Waals surface area contributed by atoms with Crippen molar-refractivity contribution in [2.45, 2.75) is 38.2 Å². The lowest BCUT2D eigenvalue weighted by molar-refractivity contribution is -0.00173. The van der Waals surface area contributed by atoms with Gasteiger partial charge < -0.3 is 10.8 Å². The van der Waals surface area contributed by atoms with Gasteiger partial charge in [-0.25, -0.2) is 8.78 Å². The van der Waals surface area contributed by atoms with Crippen LogP contribution in [-0.4, -0.2) is 11.7 Å². The van der Waals surface area contributed by atoms with E-state index in [-0.39, 0.29) is 5.56 Å². The smallest absolute Gasteiger partial charge is 0.129 e. The second-order valence-electron chi connectivity index (χ2n) is 5.20. The highest BCUT2D eigenvalue weighted by molar-refractivity contribution is 5.23. The van der Waals surface area contributed by atoms with Crippen molar-refractivity contribution in [3.63, 3.8) is 0 Å². The number of aliphatic hydroxyl groups excluding tert-OH is 1. The SMILES string of the molecule is NCC1(C(O)c2cc(F)ccc2F)CCCCC1. The third kappa shape index (κ3) is 2.40. The van der Waals surface area contributed by atoms with E-state index in [0.717, 1.165) is 50.3 Å². The molecule has 0 radical (unpaired) electrons. The van der Waals surface area contributed by atoms with Gasteiger partial charge in [0.05, 0.1) is 6.10 Å². The maximum absolute atomic E-state index is 13.7. The first-order valence-corrected chi connectivity index (χ1v) is 6.42. The Morgan fingerprint density at radius 3 is 2.50 bits per heavy atom. The fourth-order valence-corrected chi connectivity index (χ4v) is 2.90. The Morgan fingerprint density at radius 2 is 1.89 bits per heavy atom. The van der Waals surface area contributed by atoms with E-state index in [1.807, 2.05) is 0 Å². The van der Waals surface area contributed by atoms with Gasteiger partial charge in [-0.15, -0.1) is 0 Å². The zero-order chi connectivity index (χ0) is 13.2. The molecule has 2 rings (SSSR count). The van der Waals surface area contributed by atoms with Crippen LogP contribution < -0.4 is 5.73 Å². The molecular formula is C14H19F2NO. The van der Waals surface area contributed by atoms with Crippen molar-refractivity contribution in [1.82, 2.24) is 0 Å². The first-order chi connectivity index (χ1) is 8.59. The van der Waals surface area contributed by atoms with Crippen molar-refractivity contribution in [2.75, 3.05) is 6.54 Å². The van der Waals surface area contributed by atoms with Gasteiger partial charge in [0.15, 0.2) is 0 Å². The molecule has 1 unspecified atom stereocenters. The number of aliphatic hydroxyl groups is 1. The highest BCUT2D eigenvalue weighted by Crippen LogP contribution is 2.45. The largest absolute Gasteiger partial charge is 0.388 e. The summed E-state index contributed by atoms with van der Waals surface area (Å²) in [4.78, 5) is 0. The van der Waals surface area contributed by atoms with Crippen molar-refractivity contribution in [2.24, 2.45) is 11.1 Å². The summed E-state index contributed by atoms with van der Waals surface area (Å²) < 4.78 is 26.9. The average molecular weight is 255 g/mol. The van der Waals surface area contributed by atoms with Gasteiger partial charge in [-0.2, -0.15) is 0 Å². The fraction of sp³-hybridized carbons (Fsp3) is 0.571. The Hall–Kier alpha value is -1.00. The van der Waals surface area contributed by atoms with Crippen molar-refractivity contribution in [1.29, 1.82) is 0 Å².